The monoisotopic (exact) mass is 381 g/mol. The van der Waals surface area contributed by atoms with Crippen LogP contribution in [0.25, 0.3) is 0 Å². The third kappa shape index (κ3) is 3.11. The molecule has 28 heavy (non-hydrogen) atoms. The highest BCUT2D eigenvalue weighted by Gasteiger charge is 2.46. The van der Waals surface area contributed by atoms with E-state index < -0.39 is 0 Å². The predicted molar refractivity (Wildman–Crippen MR) is 107 cm³/mol. The van der Waals surface area contributed by atoms with Crippen LogP contribution in [0.1, 0.15) is 67.5 Å². The van der Waals surface area contributed by atoms with Gasteiger partial charge in [-0.25, -0.2) is 4.98 Å². The van der Waals surface area contributed by atoms with E-state index >= 15 is 0 Å². The van der Waals surface area contributed by atoms with Crippen LogP contribution in [0.2, 0.25) is 0 Å². The number of aromatic nitrogens is 2. The zero-order valence-corrected chi connectivity index (χ0v) is 16.7. The molecule has 2 N–H and O–H groups in total. The molecule has 0 bridgehead atoms. The lowest BCUT2D eigenvalue weighted by Crippen LogP contribution is -2.48. The van der Waals surface area contributed by atoms with Crippen LogP contribution in [0.15, 0.2) is 29.1 Å². The summed E-state index contributed by atoms with van der Waals surface area (Å²) in [6.45, 7) is 7.41. The van der Waals surface area contributed by atoms with Crippen molar-refractivity contribution in [2.75, 3.05) is 13.1 Å². The number of benzene rings is 1. The molecule has 1 atom stereocenters. The number of hydrogen-bond donors (Lipinski definition) is 2. The summed E-state index contributed by atoms with van der Waals surface area (Å²) >= 11 is 0. The first-order chi connectivity index (χ1) is 13.2. The minimum Gasteiger partial charge on any atom is -0.508 e. The number of aromatic amines is 1. The largest absolute Gasteiger partial charge is 0.508 e. The maximum Gasteiger partial charge on any atom is 0.254 e. The third-order valence-corrected chi connectivity index (χ3v) is 6.06. The van der Waals surface area contributed by atoms with Gasteiger partial charge >= 0.3 is 0 Å². The lowest BCUT2D eigenvalue weighted by molar-refractivity contribution is 0.0633. The average molecular weight is 381 g/mol. The number of carbonyl (C=O) groups excluding carboxylic acids is 1. The first kappa shape index (κ1) is 18.7. The maximum atomic E-state index is 13.0. The quantitative estimate of drug-likeness (QED) is 0.795. The van der Waals surface area contributed by atoms with Gasteiger partial charge in [0.15, 0.2) is 0 Å². The van der Waals surface area contributed by atoms with Gasteiger partial charge in [-0.1, -0.05) is 20.8 Å². The summed E-state index contributed by atoms with van der Waals surface area (Å²) in [7, 11) is 0. The Hall–Kier alpha value is -2.63. The highest BCUT2D eigenvalue weighted by Crippen LogP contribution is 2.43. The molecule has 148 valence electrons. The molecule has 0 saturated carbocycles. The van der Waals surface area contributed by atoms with Gasteiger partial charge in [0.25, 0.3) is 11.5 Å². The van der Waals surface area contributed by atoms with Crippen molar-refractivity contribution in [2.45, 2.75) is 57.3 Å². The molecular formula is C22H27N3O3. The van der Waals surface area contributed by atoms with Gasteiger partial charge in [0.1, 0.15) is 11.6 Å². The van der Waals surface area contributed by atoms with E-state index in [0.29, 0.717) is 30.9 Å². The second-order valence-corrected chi connectivity index (χ2v) is 9.15. The molecule has 1 unspecified atom stereocenters. The topological polar surface area (TPSA) is 86.3 Å². The van der Waals surface area contributed by atoms with Crippen molar-refractivity contribution < 1.29 is 9.90 Å². The molecule has 1 aromatic heterocycles. The van der Waals surface area contributed by atoms with Crippen LogP contribution in [0.5, 0.6) is 5.75 Å². The average Bonchev–Trinajstić information content (AvgIpc) is 3.00. The first-order valence-corrected chi connectivity index (χ1v) is 9.92. The van der Waals surface area contributed by atoms with E-state index in [9.17, 15) is 14.7 Å². The standard InChI is InChI=1S/C22H27N3O3/c1-21(2,3)20-23-17-16(18(27)24-20)9-11-22(17)10-4-12-25(13-22)19(28)14-5-7-15(26)8-6-14/h5-8,26H,4,9-13H2,1-3H3,(H,23,24,27). The molecule has 1 amide bonds. The van der Waals surface area contributed by atoms with Crippen molar-refractivity contribution in [1.29, 1.82) is 0 Å². The molecule has 1 spiro atoms. The number of likely N-dealkylation sites (tertiary alicyclic amines) is 1. The van der Waals surface area contributed by atoms with Crippen molar-refractivity contribution >= 4 is 5.91 Å². The van der Waals surface area contributed by atoms with Crippen LogP contribution >= 0.6 is 0 Å². The summed E-state index contributed by atoms with van der Waals surface area (Å²) in [5.74, 6) is 0.822. The molecule has 2 aliphatic rings. The van der Waals surface area contributed by atoms with E-state index in [-0.39, 0.29) is 28.0 Å². The molecule has 2 heterocycles. The Morgan fingerprint density at radius 2 is 1.93 bits per heavy atom. The number of fused-ring (bicyclic) bond motifs is 2. The number of aromatic hydroxyl groups is 1. The molecule has 1 aliphatic heterocycles. The van der Waals surface area contributed by atoms with E-state index in [1.807, 2.05) is 25.7 Å². The SMILES string of the molecule is CC(C)(C)c1nc2c(c(=O)[nH]1)CCC21CCCN(C(=O)c2ccc(O)cc2)C1. The van der Waals surface area contributed by atoms with E-state index in [4.69, 9.17) is 4.98 Å². The van der Waals surface area contributed by atoms with Crippen LogP contribution in [0.3, 0.4) is 0 Å². The van der Waals surface area contributed by atoms with Crippen molar-refractivity contribution in [3.05, 3.63) is 57.3 Å². The minimum atomic E-state index is -0.242. The minimum absolute atomic E-state index is 0.0335. The summed E-state index contributed by atoms with van der Waals surface area (Å²) in [5.41, 5.74) is 1.73. The summed E-state index contributed by atoms with van der Waals surface area (Å²) in [4.78, 5) is 35.4. The molecular weight excluding hydrogens is 354 g/mol. The lowest BCUT2D eigenvalue weighted by Gasteiger charge is -2.40. The molecule has 1 saturated heterocycles. The first-order valence-electron chi connectivity index (χ1n) is 9.92. The molecule has 1 aliphatic carbocycles. The number of nitrogens with one attached hydrogen (secondary N) is 1. The van der Waals surface area contributed by atoms with Crippen molar-refractivity contribution in [3.8, 4) is 5.75 Å². The van der Waals surface area contributed by atoms with Gasteiger partial charge in [0.05, 0.1) is 5.69 Å². The van der Waals surface area contributed by atoms with Crippen LogP contribution in [-0.4, -0.2) is 39.0 Å². The Morgan fingerprint density at radius 1 is 1.21 bits per heavy atom. The van der Waals surface area contributed by atoms with Crippen molar-refractivity contribution in [2.24, 2.45) is 0 Å². The zero-order valence-electron chi connectivity index (χ0n) is 16.7. The van der Waals surface area contributed by atoms with Crippen molar-refractivity contribution in [1.82, 2.24) is 14.9 Å². The number of rotatable bonds is 1. The highest BCUT2D eigenvalue weighted by molar-refractivity contribution is 5.94. The van der Waals surface area contributed by atoms with E-state index in [1.165, 1.54) is 12.1 Å². The third-order valence-electron chi connectivity index (χ3n) is 6.06. The highest BCUT2D eigenvalue weighted by atomic mass is 16.3. The molecule has 2 aromatic rings. The summed E-state index contributed by atoms with van der Waals surface area (Å²) in [5, 5.41) is 9.48. The number of nitrogens with zero attached hydrogens (tertiary/aromatic N) is 2. The van der Waals surface area contributed by atoms with Gasteiger partial charge in [-0.2, -0.15) is 0 Å². The van der Waals surface area contributed by atoms with Crippen LogP contribution in [-0.2, 0) is 17.3 Å². The second kappa shape index (κ2) is 6.47. The normalized spacial score (nSPS) is 21.8. The van der Waals surface area contributed by atoms with Crippen LogP contribution < -0.4 is 5.56 Å². The number of H-pyrrole nitrogens is 1. The fourth-order valence-electron chi connectivity index (χ4n) is 4.50. The number of carbonyl (C=O) groups is 1. The summed E-state index contributed by atoms with van der Waals surface area (Å²) < 4.78 is 0. The Balaban J connectivity index is 1.69. The fourth-order valence-corrected chi connectivity index (χ4v) is 4.50. The molecule has 1 aromatic carbocycles. The second-order valence-electron chi connectivity index (χ2n) is 9.15. The number of phenols is 1. The van der Waals surface area contributed by atoms with Gasteiger partial charge in [0.2, 0.25) is 0 Å². The number of hydrogen-bond acceptors (Lipinski definition) is 4. The summed E-state index contributed by atoms with van der Waals surface area (Å²) in [6, 6.07) is 6.38. The Kier molecular flexibility index (Phi) is 4.32. The maximum absolute atomic E-state index is 13.0. The van der Waals surface area contributed by atoms with Crippen LogP contribution in [0, 0.1) is 0 Å². The molecule has 1 fully saturated rings. The fraction of sp³-hybridized carbons (Fsp3) is 0.500. The Labute approximate surface area is 164 Å². The van der Waals surface area contributed by atoms with Crippen LogP contribution in [0.4, 0.5) is 0 Å². The smallest absolute Gasteiger partial charge is 0.254 e. The molecule has 4 rings (SSSR count). The van der Waals surface area contributed by atoms with Gasteiger partial charge in [-0.05, 0) is 49.9 Å². The number of piperidine rings is 1. The van der Waals surface area contributed by atoms with Gasteiger partial charge in [0, 0.05) is 35.0 Å². The van der Waals surface area contributed by atoms with E-state index in [0.717, 1.165) is 30.5 Å². The summed E-state index contributed by atoms with van der Waals surface area (Å²) in [6.07, 6.45) is 3.40. The predicted octanol–water partition coefficient (Wildman–Crippen LogP) is 2.89. The van der Waals surface area contributed by atoms with E-state index in [1.54, 1.807) is 12.1 Å². The van der Waals surface area contributed by atoms with Gasteiger partial charge in [-0.15, -0.1) is 0 Å². The molecule has 0 radical (unpaired) electrons. The molecule has 6 nitrogen and oxygen atoms in total. The zero-order chi connectivity index (χ0) is 20.1. The number of amides is 1. The number of phenolic OH excluding ortho intramolecular Hbond substituents is 1. The van der Waals surface area contributed by atoms with Gasteiger partial charge < -0.3 is 15.0 Å². The van der Waals surface area contributed by atoms with Crippen molar-refractivity contribution in [3.63, 3.8) is 0 Å². The van der Waals surface area contributed by atoms with E-state index in [2.05, 4.69) is 4.98 Å². The Bertz CT molecular complexity index is 972. The lowest BCUT2D eigenvalue weighted by atomic mass is 9.77. The molecule has 6 heteroatoms. The van der Waals surface area contributed by atoms with Gasteiger partial charge in [-0.3, -0.25) is 9.59 Å². The Morgan fingerprint density at radius 3 is 2.61 bits per heavy atom.